The van der Waals surface area contributed by atoms with Crippen LogP contribution in [0.4, 0.5) is 13.2 Å². The molecule has 0 saturated heterocycles. The fraction of sp³-hybridized carbons (Fsp3) is 0.200. The van der Waals surface area contributed by atoms with E-state index < -0.39 is 12.7 Å². The normalized spacial score (nSPS) is 12.5. The molecule has 112 valence electrons. The van der Waals surface area contributed by atoms with Crippen LogP contribution in [0.25, 0.3) is 0 Å². The topological polar surface area (TPSA) is 47.3 Å². The van der Waals surface area contributed by atoms with Crippen molar-refractivity contribution in [3.8, 4) is 5.75 Å². The average Bonchev–Trinajstić information content (AvgIpc) is 2.44. The van der Waals surface area contributed by atoms with Gasteiger partial charge < -0.3 is 4.74 Å². The van der Waals surface area contributed by atoms with E-state index in [0.717, 1.165) is 0 Å². The lowest BCUT2D eigenvalue weighted by molar-refractivity contribution is -0.0506. The maximum absolute atomic E-state index is 13.3. The van der Waals surface area contributed by atoms with Crippen molar-refractivity contribution in [1.82, 2.24) is 5.43 Å². The summed E-state index contributed by atoms with van der Waals surface area (Å²) in [6.45, 7) is -1.31. The zero-order valence-electron chi connectivity index (χ0n) is 11.3. The van der Waals surface area contributed by atoms with Gasteiger partial charge in [-0.25, -0.2) is 9.82 Å². The molecule has 0 heterocycles. The van der Waals surface area contributed by atoms with E-state index in [1.165, 1.54) is 12.1 Å². The van der Waals surface area contributed by atoms with Gasteiger partial charge in [-0.2, -0.15) is 8.78 Å². The van der Waals surface area contributed by atoms with Crippen molar-refractivity contribution < 1.29 is 17.9 Å². The molecule has 0 amide bonds. The zero-order chi connectivity index (χ0) is 15.4. The molecule has 1 atom stereocenters. The van der Waals surface area contributed by atoms with Gasteiger partial charge in [-0.1, -0.05) is 30.3 Å². The molecule has 3 nitrogen and oxygen atoms in total. The first kappa shape index (κ1) is 15.3. The van der Waals surface area contributed by atoms with Gasteiger partial charge in [-0.05, 0) is 30.2 Å². The summed E-state index contributed by atoms with van der Waals surface area (Å²) >= 11 is 0. The van der Waals surface area contributed by atoms with E-state index in [2.05, 4.69) is 10.2 Å². The second kappa shape index (κ2) is 6.60. The number of ether oxygens (including phenoxy) is 1. The highest BCUT2D eigenvalue weighted by Crippen LogP contribution is 2.31. The Hall–Kier alpha value is -2.05. The molecule has 0 aliphatic carbocycles. The quantitative estimate of drug-likeness (QED) is 0.657. The van der Waals surface area contributed by atoms with E-state index in [1.54, 1.807) is 37.3 Å². The molecular formula is C15H15F3N2O. The minimum atomic E-state index is -2.93. The van der Waals surface area contributed by atoms with E-state index >= 15 is 0 Å². The summed E-state index contributed by atoms with van der Waals surface area (Å²) in [6, 6.07) is 10.2. The molecular weight excluding hydrogens is 281 g/mol. The Kier molecular flexibility index (Phi) is 4.82. The standard InChI is InChI=1S/C15H15F3N2O/c1-9-8-10(6-7-12(9)16)14(20-19)11-4-2-3-5-13(11)21-15(17)18/h2-8,14-15,20H,19H2,1H3. The van der Waals surface area contributed by atoms with E-state index in [0.29, 0.717) is 16.7 Å². The Morgan fingerprint density at radius 1 is 1.14 bits per heavy atom. The van der Waals surface area contributed by atoms with Gasteiger partial charge in [0, 0.05) is 5.56 Å². The lowest BCUT2D eigenvalue weighted by atomic mass is 9.97. The summed E-state index contributed by atoms with van der Waals surface area (Å²) in [4.78, 5) is 0. The van der Waals surface area contributed by atoms with Gasteiger partial charge in [0.2, 0.25) is 0 Å². The molecule has 3 N–H and O–H groups in total. The first-order valence-electron chi connectivity index (χ1n) is 6.29. The number of halogens is 3. The van der Waals surface area contributed by atoms with Crippen molar-refractivity contribution >= 4 is 0 Å². The van der Waals surface area contributed by atoms with Crippen molar-refractivity contribution in [1.29, 1.82) is 0 Å². The van der Waals surface area contributed by atoms with Gasteiger partial charge in [0.25, 0.3) is 0 Å². The molecule has 0 aromatic heterocycles. The molecule has 0 radical (unpaired) electrons. The first-order chi connectivity index (χ1) is 10.0. The van der Waals surface area contributed by atoms with Crippen molar-refractivity contribution in [2.45, 2.75) is 19.6 Å². The molecule has 0 bridgehead atoms. The van der Waals surface area contributed by atoms with Gasteiger partial charge in [0.1, 0.15) is 11.6 Å². The number of alkyl halides is 2. The predicted molar refractivity (Wildman–Crippen MR) is 73.4 cm³/mol. The summed E-state index contributed by atoms with van der Waals surface area (Å²) in [7, 11) is 0. The number of hydrogen-bond donors (Lipinski definition) is 2. The average molecular weight is 296 g/mol. The molecule has 0 aliphatic rings. The number of hydrogen-bond acceptors (Lipinski definition) is 3. The second-order valence-electron chi connectivity index (χ2n) is 4.52. The Labute approximate surface area is 120 Å². The van der Waals surface area contributed by atoms with E-state index in [-0.39, 0.29) is 11.6 Å². The minimum absolute atomic E-state index is 0.0254. The third kappa shape index (κ3) is 3.53. The van der Waals surface area contributed by atoms with Crippen molar-refractivity contribution in [3.05, 3.63) is 65.0 Å². The lowest BCUT2D eigenvalue weighted by Gasteiger charge is -2.20. The smallest absolute Gasteiger partial charge is 0.387 e. The van der Waals surface area contributed by atoms with Crippen LogP contribution in [-0.4, -0.2) is 6.61 Å². The van der Waals surface area contributed by atoms with Crippen LogP contribution in [0.2, 0.25) is 0 Å². The van der Waals surface area contributed by atoms with Gasteiger partial charge in [0.15, 0.2) is 0 Å². The summed E-state index contributed by atoms with van der Waals surface area (Å²) in [5, 5.41) is 0. The number of nitrogens with one attached hydrogen (secondary N) is 1. The second-order valence-corrected chi connectivity index (χ2v) is 4.52. The van der Waals surface area contributed by atoms with Crippen LogP contribution < -0.4 is 16.0 Å². The predicted octanol–water partition coefficient (Wildman–Crippen LogP) is 3.29. The summed E-state index contributed by atoms with van der Waals surface area (Å²) < 4.78 is 42.8. The Balaban J connectivity index is 2.43. The highest BCUT2D eigenvalue weighted by Gasteiger charge is 2.19. The molecule has 0 spiro atoms. The Morgan fingerprint density at radius 3 is 2.48 bits per heavy atom. The van der Waals surface area contributed by atoms with Crippen molar-refractivity contribution in [2.24, 2.45) is 5.84 Å². The van der Waals surface area contributed by atoms with Gasteiger partial charge in [-0.15, -0.1) is 0 Å². The highest BCUT2D eigenvalue weighted by atomic mass is 19.3. The number of aryl methyl sites for hydroxylation is 1. The molecule has 2 rings (SSSR count). The Bertz CT molecular complexity index is 620. The van der Waals surface area contributed by atoms with Crippen LogP contribution in [0.3, 0.4) is 0 Å². The van der Waals surface area contributed by atoms with Crippen LogP contribution >= 0.6 is 0 Å². The SMILES string of the molecule is Cc1cc(C(NN)c2ccccc2OC(F)F)ccc1F. The molecule has 0 fully saturated rings. The highest BCUT2D eigenvalue weighted by molar-refractivity contribution is 5.42. The van der Waals surface area contributed by atoms with Gasteiger partial charge >= 0.3 is 6.61 Å². The van der Waals surface area contributed by atoms with E-state index in [9.17, 15) is 13.2 Å². The van der Waals surface area contributed by atoms with Gasteiger partial charge in [0.05, 0.1) is 6.04 Å². The monoisotopic (exact) mass is 296 g/mol. The van der Waals surface area contributed by atoms with Crippen LogP contribution in [0.1, 0.15) is 22.7 Å². The molecule has 21 heavy (non-hydrogen) atoms. The van der Waals surface area contributed by atoms with Crippen LogP contribution in [0.5, 0.6) is 5.75 Å². The maximum atomic E-state index is 13.3. The fourth-order valence-electron chi connectivity index (χ4n) is 2.14. The molecule has 6 heteroatoms. The van der Waals surface area contributed by atoms with E-state index in [4.69, 9.17) is 5.84 Å². The molecule has 0 saturated carbocycles. The summed E-state index contributed by atoms with van der Waals surface area (Å²) in [5.74, 6) is 5.22. The third-order valence-electron chi connectivity index (χ3n) is 3.13. The fourth-order valence-corrected chi connectivity index (χ4v) is 2.14. The summed E-state index contributed by atoms with van der Waals surface area (Å²) in [6.07, 6.45) is 0. The molecule has 2 aromatic carbocycles. The van der Waals surface area contributed by atoms with Crippen molar-refractivity contribution in [2.75, 3.05) is 0 Å². The van der Waals surface area contributed by atoms with Crippen LogP contribution in [-0.2, 0) is 0 Å². The number of rotatable bonds is 5. The number of hydrazine groups is 1. The van der Waals surface area contributed by atoms with Crippen LogP contribution in [0, 0.1) is 12.7 Å². The molecule has 1 unspecified atom stereocenters. The summed E-state index contributed by atoms with van der Waals surface area (Å²) in [5.41, 5.74) is 4.10. The van der Waals surface area contributed by atoms with E-state index in [1.807, 2.05) is 0 Å². The number of nitrogens with two attached hydrogens (primary N) is 1. The molecule has 0 aliphatic heterocycles. The van der Waals surface area contributed by atoms with Gasteiger partial charge in [-0.3, -0.25) is 5.84 Å². The largest absolute Gasteiger partial charge is 0.434 e. The Morgan fingerprint density at radius 2 is 1.86 bits per heavy atom. The number of benzene rings is 2. The van der Waals surface area contributed by atoms with Crippen LogP contribution in [0.15, 0.2) is 42.5 Å². The zero-order valence-corrected chi connectivity index (χ0v) is 11.3. The third-order valence-corrected chi connectivity index (χ3v) is 3.13. The maximum Gasteiger partial charge on any atom is 0.387 e. The van der Waals surface area contributed by atoms with Crippen molar-refractivity contribution in [3.63, 3.8) is 0 Å². The first-order valence-corrected chi connectivity index (χ1v) is 6.29. The lowest BCUT2D eigenvalue weighted by Crippen LogP contribution is -2.29. The number of para-hydroxylation sites is 1. The molecule has 2 aromatic rings. The minimum Gasteiger partial charge on any atom is -0.434 e.